The molecule has 0 spiro atoms. The van der Waals surface area contributed by atoms with E-state index in [1.807, 2.05) is 25.1 Å². The second-order valence-corrected chi connectivity index (χ2v) is 5.01. The minimum Gasteiger partial charge on any atom is -0.496 e. The van der Waals surface area contributed by atoms with Crippen molar-refractivity contribution in [3.63, 3.8) is 0 Å². The van der Waals surface area contributed by atoms with E-state index in [9.17, 15) is 4.79 Å². The standard InChI is InChI=1S/C15H22N2O2/c1-12-4-5-15(19-2)13(10-12)14(18)11-17-8-3-6-16-7-9-17/h4-5,10,16H,3,6-9,11H2,1-2H3. The summed E-state index contributed by atoms with van der Waals surface area (Å²) in [6.07, 6.45) is 1.10. The Hall–Kier alpha value is -1.39. The number of rotatable bonds is 4. The lowest BCUT2D eigenvalue weighted by Gasteiger charge is -2.19. The van der Waals surface area contributed by atoms with Gasteiger partial charge in [0, 0.05) is 13.1 Å². The van der Waals surface area contributed by atoms with Gasteiger partial charge in [0.1, 0.15) is 5.75 Å². The molecule has 0 saturated carbocycles. The van der Waals surface area contributed by atoms with Crippen LogP contribution in [0.15, 0.2) is 18.2 Å². The van der Waals surface area contributed by atoms with Gasteiger partial charge in [-0.05, 0) is 38.6 Å². The number of methoxy groups -OCH3 is 1. The van der Waals surface area contributed by atoms with Crippen LogP contribution in [0.4, 0.5) is 0 Å². The maximum atomic E-state index is 12.4. The van der Waals surface area contributed by atoms with Gasteiger partial charge < -0.3 is 10.1 Å². The van der Waals surface area contributed by atoms with Gasteiger partial charge in [0.05, 0.1) is 19.2 Å². The highest BCUT2D eigenvalue weighted by Crippen LogP contribution is 2.20. The lowest BCUT2D eigenvalue weighted by atomic mass is 10.1. The largest absolute Gasteiger partial charge is 0.496 e. The van der Waals surface area contributed by atoms with Crippen molar-refractivity contribution in [1.29, 1.82) is 0 Å². The summed E-state index contributed by atoms with van der Waals surface area (Å²) >= 11 is 0. The van der Waals surface area contributed by atoms with Crippen LogP contribution in [0.25, 0.3) is 0 Å². The van der Waals surface area contributed by atoms with Crippen LogP contribution in [0.1, 0.15) is 22.3 Å². The number of ketones is 1. The van der Waals surface area contributed by atoms with E-state index in [0.29, 0.717) is 17.9 Å². The van der Waals surface area contributed by atoms with E-state index in [4.69, 9.17) is 4.74 Å². The molecule has 0 amide bonds. The zero-order chi connectivity index (χ0) is 13.7. The van der Waals surface area contributed by atoms with Crippen LogP contribution in [0.3, 0.4) is 0 Å². The molecule has 1 heterocycles. The molecule has 0 bridgehead atoms. The van der Waals surface area contributed by atoms with E-state index in [0.717, 1.165) is 38.2 Å². The molecule has 0 aromatic heterocycles. The first kappa shape index (κ1) is 14.0. The highest BCUT2D eigenvalue weighted by Gasteiger charge is 2.17. The van der Waals surface area contributed by atoms with E-state index in [-0.39, 0.29) is 5.78 Å². The lowest BCUT2D eigenvalue weighted by Crippen LogP contribution is -2.33. The first-order valence-electron chi connectivity index (χ1n) is 6.81. The van der Waals surface area contributed by atoms with Crippen molar-refractivity contribution >= 4 is 5.78 Å². The summed E-state index contributed by atoms with van der Waals surface area (Å²) in [5.74, 6) is 0.811. The van der Waals surface area contributed by atoms with Crippen molar-refractivity contribution in [2.24, 2.45) is 0 Å². The number of hydrogen-bond donors (Lipinski definition) is 1. The third-order valence-electron chi connectivity index (χ3n) is 3.46. The first-order valence-corrected chi connectivity index (χ1v) is 6.81. The summed E-state index contributed by atoms with van der Waals surface area (Å²) in [6, 6.07) is 5.75. The molecule has 0 unspecified atom stereocenters. The topological polar surface area (TPSA) is 41.6 Å². The maximum Gasteiger partial charge on any atom is 0.180 e. The quantitative estimate of drug-likeness (QED) is 0.835. The summed E-state index contributed by atoms with van der Waals surface area (Å²) in [5, 5.41) is 3.34. The molecular weight excluding hydrogens is 240 g/mol. The molecule has 1 aromatic carbocycles. The molecule has 104 valence electrons. The Labute approximate surface area is 114 Å². The second-order valence-electron chi connectivity index (χ2n) is 5.01. The van der Waals surface area contributed by atoms with E-state index in [1.54, 1.807) is 7.11 Å². The van der Waals surface area contributed by atoms with Crippen LogP contribution in [0.5, 0.6) is 5.75 Å². The molecule has 1 aliphatic rings. The van der Waals surface area contributed by atoms with Gasteiger partial charge in [-0.2, -0.15) is 0 Å². The fourth-order valence-corrected chi connectivity index (χ4v) is 2.39. The van der Waals surface area contributed by atoms with E-state index < -0.39 is 0 Å². The first-order chi connectivity index (χ1) is 9.20. The van der Waals surface area contributed by atoms with Gasteiger partial charge in [0.25, 0.3) is 0 Å². The number of nitrogens with zero attached hydrogens (tertiary/aromatic N) is 1. The second kappa shape index (κ2) is 6.68. The van der Waals surface area contributed by atoms with Crippen molar-refractivity contribution in [1.82, 2.24) is 10.2 Å². The SMILES string of the molecule is COc1ccc(C)cc1C(=O)CN1CCCNCC1. The average molecular weight is 262 g/mol. The molecule has 1 saturated heterocycles. The Balaban J connectivity index is 2.08. The third kappa shape index (κ3) is 3.78. The summed E-state index contributed by atoms with van der Waals surface area (Å²) in [6.45, 7) is 6.37. The number of benzene rings is 1. The predicted octanol–water partition coefficient (Wildman–Crippen LogP) is 1.48. The van der Waals surface area contributed by atoms with Crippen molar-refractivity contribution in [2.75, 3.05) is 39.8 Å². The van der Waals surface area contributed by atoms with Crippen LogP contribution >= 0.6 is 0 Å². The van der Waals surface area contributed by atoms with Crippen molar-refractivity contribution < 1.29 is 9.53 Å². The molecule has 19 heavy (non-hydrogen) atoms. The monoisotopic (exact) mass is 262 g/mol. The highest BCUT2D eigenvalue weighted by atomic mass is 16.5. The van der Waals surface area contributed by atoms with Gasteiger partial charge in [-0.15, -0.1) is 0 Å². The summed E-state index contributed by atoms with van der Waals surface area (Å²) < 4.78 is 5.28. The number of ether oxygens (including phenoxy) is 1. The van der Waals surface area contributed by atoms with Gasteiger partial charge in [-0.25, -0.2) is 0 Å². The van der Waals surface area contributed by atoms with Gasteiger partial charge >= 0.3 is 0 Å². The van der Waals surface area contributed by atoms with Crippen LogP contribution in [0, 0.1) is 6.92 Å². The van der Waals surface area contributed by atoms with E-state index >= 15 is 0 Å². The normalized spacial score (nSPS) is 16.9. The zero-order valence-corrected chi connectivity index (χ0v) is 11.7. The fraction of sp³-hybridized carbons (Fsp3) is 0.533. The van der Waals surface area contributed by atoms with Crippen molar-refractivity contribution in [3.05, 3.63) is 29.3 Å². The number of Topliss-reactive ketones (excluding diaryl/α,β-unsaturated/α-hetero) is 1. The molecule has 1 fully saturated rings. The van der Waals surface area contributed by atoms with E-state index in [1.165, 1.54) is 0 Å². The molecule has 0 aliphatic carbocycles. The Bertz CT molecular complexity index is 438. The average Bonchev–Trinajstić information content (AvgIpc) is 2.67. The molecule has 4 nitrogen and oxygen atoms in total. The smallest absolute Gasteiger partial charge is 0.180 e. The van der Waals surface area contributed by atoms with Crippen LogP contribution in [0.2, 0.25) is 0 Å². The predicted molar refractivity (Wildman–Crippen MR) is 76.0 cm³/mol. The minimum atomic E-state index is 0.141. The molecule has 1 aliphatic heterocycles. The van der Waals surface area contributed by atoms with Gasteiger partial charge in [-0.1, -0.05) is 11.6 Å². The Morgan fingerprint density at radius 2 is 2.21 bits per heavy atom. The number of aryl methyl sites for hydroxylation is 1. The van der Waals surface area contributed by atoms with Gasteiger partial charge in [0.2, 0.25) is 0 Å². The van der Waals surface area contributed by atoms with Crippen molar-refractivity contribution in [2.45, 2.75) is 13.3 Å². The Kier molecular flexibility index (Phi) is 4.93. The number of carbonyl (C=O) groups is 1. The summed E-state index contributed by atoms with van der Waals surface area (Å²) in [7, 11) is 1.61. The van der Waals surface area contributed by atoms with Crippen molar-refractivity contribution in [3.8, 4) is 5.75 Å². The lowest BCUT2D eigenvalue weighted by molar-refractivity contribution is 0.0932. The number of nitrogens with one attached hydrogen (secondary N) is 1. The Morgan fingerprint density at radius 1 is 1.37 bits per heavy atom. The third-order valence-corrected chi connectivity index (χ3v) is 3.46. The molecule has 0 atom stereocenters. The highest BCUT2D eigenvalue weighted by molar-refractivity contribution is 6.00. The van der Waals surface area contributed by atoms with E-state index in [2.05, 4.69) is 10.2 Å². The molecular formula is C15H22N2O2. The van der Waals surface area contributed by atoms with Gasteiger partial charge in [0.15, 0.2) is 5.78 Å². The Morgan fingerprint density at radius 3 is 3.00 bits per heavy atom. The van der Waals surface area contributed by atoms with Gasteiger partial charge in [-0.3, -0.25) is 9.69 Å². The maximum absolute atomic E-state index is 12.4. The molecule has 2 rings (SSSR count). The zero-order valence-electron chi connectivity index (χ0n) is 11.7. The minimum absolute atomic E-state index is 0.141. The molecule has 4 heteroatoms. The molecule has 1 aromatic rings. The molecule has 0 radical (unpaired) electrons. The number of hydrogen-bond acceptors (Lipinski definition) is 4. The fourth-order valence-electron chi connectivity index (χ4n) is 2.39. The van der Waals surface area contributed by atoms with Crippen LogP contribution in [-0.4, -0.2) is 50.5 Å². The summed E-state index contributed by atoms with van der Waals surface area (Å²) in [4.78, 5) is 14.6. The number of carbonyl (C=O) groups excluding carboxylic acids is 1. The molecule has 1 N–H and O–H groups in total. The summed E-state index contributed by atoms with van der Waals surface area (Å²) in [5.41, 5.74) is 1.78. The van der Waals surface area contributed by atoms with Crippen LogP contribution in [-0.2, 0) is 0 Å². The van der Waals surface area contributed by atoms with Crippen LogP contribution < -0.4 is 10.1 Å².